The van der Waals surface area contributed by atoms with Gasteiger partial charge in [-0.1, -0.05) is 17.7 Å². The van der Waals surface area contributed by atoms with Crippen LogP contribution in [0.1, 0.15) is 12.0 Å². The summed E-state index contributed by atoms with van der Waals surface area (Å²) in [5.74, 6) is -1.83. The molecular weight excluding hydrogens is 308 g/mol. The molecule has 1 atom stereocenters. The van der Waals surface area contributed by atoms with E-state index < -0.39 is 34.4 Å². The van der Waals surface area contributed by atoms with Crippen molar-refractivity contribution in [3.63, 3.8) is 0 Å². The molecule has 0 radical (unpaired) electrons. The van der Waals surface area contributed by atoms with E-state index in [9.17, 15) is 18.0 Å². The molecule has 0 fully saturated rings. The normalized spacial score (nSPS) is 18.6. The summed E-state index contributed by atoms with van der Waals surface area (Å²) in [7, 11) is -2.55. The molecule has 1 aromatic rings. The molecule has 1 aromatic carbocycles. The van der Waals surface area contributed by atoms with Crippen LogP contribution in [0.2, 0.25) is 0 Å². The van der Waals surface area contributed by atoms with Crippen molar-refractivity contribution >= 4 is 21.9 Å². The molecule has 0 saturated heterocycles. The van der Waals surface area contributed by atoms with Crippen molar-refractivity contribution in [1.82, 2.24) is 9.21 Å². The van der Waals surface area contributed by atoms with E-state index in [4.69, 9.17) is 5.11 Å². The summed E-state index contributed by atoms with van der Waals surface area (Å²) in [6.45, 7) is 1.82. The largest absolute Gasteiger partial charge is 0.481 e. The second kappa shape index (κ2) is 5.80. The molecule has 22 heavy (non-hydrogen) atoms. The molecule has 0 saturated carbocycles. The van der Waals surface area contributed by atoms with Crippen LogP contribution >= 0.6 is 0 Å². The monoisotopic (exact) mass is 324 g/mol. The summed E-state index contributed by atoms with van der Waals surface area (Å²) in [4.78, 5) is 24.3. The van der Waals surface area contributed by atoms with Crippen molar-refractivity contribution in [3.05, 3.63) is 42.2 Å². The maximum atomic E-state index is 12.7. The highest BCUT2D eigenvalue weighted by Crippen LogP contribution is 2.24. The molecule has 2 rings (SSSR count). The second-order valence-corrected chi connectivity index (χ2v) is 6.85. The van der Waals surface area contributed by atoms with Gasteiger partial charge in [-0.05, 0) is 19.1 Å². The van der Waals surface area contributed by atoms with Gasteiger partial charge in [0.1, 0.15) is 6.04 Å². The van der Waals surface area contributed by atoms with Gasteiger partial charge in [-0.25, -0.2) is 8.42 Å². The Kier molecular flexibility index (Phi) is 4.23. The highest BCUT2D eigenvalue weighted by molar-refractivity contribution is 7.89. The molecule has 1 aliphatic rings. The van der Waals surface area contributed by atoms with Gasteiger partial charge in [0, 0.05) is 19.4 Å². The highest BCUT2D eigenvalue weighted by atomic mass is 32.2. The first kappa shape index (κ1) is 16.0. The van der Waals surface area contributed by atoms with E-state index >= 15 is 0 Å². The number of rotatable bonds is 4. The van der Waals surface area contributed by atoms with Gasteiger partial charge in [-0.15, -0.1) is 0 Å². The number of sulfonamides is 1. The van der Waals surface area contributed by atoms with E-state index in [2.05, 4.69) is 0 Å². The number of aryl methyl sites for hydroxylation is 1. The Balaban J connectivity index is 2.46. The van der Waals surface area contributed by atoms with E-state index in [0.29, 0.717) is 0 Å². The topological polar surface area (TPSA) is 95.0 Å². The molecule has 0 bridgehead atoms. The van der Waals surface area contributed by atoms with Crippen LogP contribution in [0.15, 0.2) is 41.6 Å². The number of nitrogens with zero attached hydrogens (tertiary/aromatic N) is 2. The van der Waals surface area contributed by atoms with Crippen LogP contribution in [-0.4, -0.2) is 47.7 Å². The number of hydrogen-bond acceptors (Lipinski definition) is 4. The Bertz CT molecular complexity index is 724. The van der Waals surface area contributed by atoms with Gasteiger partial charge < -0.3 is 10.0 Å². The smallest absolute Gasteiger partial charge is 0.306 e. The number of carbonyl (C=O) groups excluding carboxylic acids is 1. The molecule has 0 spiro atoms. The zero-order chi connectivity index (χ0) is 16.5. The average Bonchev–Trinajstić information content (AvgIpc) is 2.44. The predicted molar refractivity (Wildman–Crippen MR) is 78.2 cm³/mol. The lowest BCUT2D eigenvalue weighted by molar-refractivity contribution is -0.142. The zero-order valence-corrected chi connectivity index (χ0v) is 12.9. The molecule has 0 aliphatic carbocycles. The van der Waals surface area contributed by atoms with Crippen LogP contribution in [0.5, 0.6) is 0 Å². The van der Waals surface area contributed by atoms with Gasteiger partial charge >= 0.3 is 5.97 Å². The number of carboxylic acid groups (broad SMARTS) is 1. The van der Waals surface area contributed by atoms with Crippen LogP contribution < -0.4 is 0 Å². The van der Waals surface area contributed by atoms with Gasteiger partial charge in [0.25, 0.3) is 15.9 Å². The molecular formula is C14H16N2O5S. The summed E-state index contributed by atoms with van der Waals surface area (Å²) >= 11 is 0. The van der Waals surface area contributed by atoms with E-state index in [1.807, 2.05) is 6.92 Å². The lowest BCUT2D eigenvalue weighted by Gasteiger charge is -2.33. The Labute approximate surface area is 128 Å². The standard InChI is InChI=1S/C14H16N2O5S/c1-10-3-5-11(6-4-10)22(20,21)16-8-7-15(2)14(19)12(16)9-13(17)18/h3-8,12H,9H2,1-2H3,(H,17,18). The van der Waals surface area contributed by atoms with E-state index in [1.165, 1.54) is 36.5 Å². The number of amides is 1. The maximum absolute atomic E-state index is 12.7. The number of hydrogen-bond donors (Lipinski definition) is 1. The fourth-order valence-corrected chi connectivity index (χ4v) is 3.55. The van der Waals surface area contributed by atoms with Gasteiger partial charge in [-0.3, -0.25) is 13.9 Å². The first-order valence-corrected chi connectivity index (χ1v) is 7.94. The third kappa shape index (κ3) is 2.96. The summed E-state index contributed by atoms with van der Waals surface area (Å²) in [5.41, 5.74) is 0.894. The minimum atomic E-state index is -3.99. The quantitative estimate of drug-likeness (QED) is 0.883. The first-order valence-electron chi connectivity index (χ1n) is 6.50. The van der Waals surface area contributed by atoms with Crippen LogP contribution in [-0.2, 0) is 19.6 Å². The predicted octanol–water partition coefficient (Wildman–Crippen LogP) is 0.772. The molecule has 0 aromatic heterocycles. The lowest BCUT2D eigenvalue weighted by Crippen LogP contribution is -2.50. The van der Waals surface area contributed by atoms with Crippen molar-refractivity contribution in [2.75, 3.05) is 7.05 Å². The summed E-state index contributed by atoms with van der Waals surface area (Å²) in [5, 5.41) is 8.94. The highest BCUT2D eigenvalue weighted by Gasteiger charge is 2.38. The van der Waals surface area contributed by atoms with Crippen LogP contribution in [0.4, 0.5) is 0 Å². The molecule has 1 unspecified atom stereocenters. The fourth-order valence-electron chi connectivity index (χ4n) is 2.11. The van der Waals surface area contributed by atoms with Gasteiger partial charge in [0.05, 0.1) is 11.3 Å². The molecule has 1 amide bonds. The van der Waals surface area contributed by atoms with Crippen molar-refractivity contribution in [2.45, 2.75) is 24.3 Å². The molecule has 7 nitrogen and oxygen atoms in total. The van der Waals surface area contributed by atoms with Crippen molar-refractivity contribution in [2.24, 2.45) is 0 Å². The molecule has 1 aliphatic heterocycles. The molecule has 8 heteroatoms. The molecule has 1 heterocycles. The lowest BCUT2D eigenvalue weighted by atomic mass is 10.1. The zero-order valence-electron chi connectivity index (χ0n) is 12.1. The average molecular weight is 324 g/mol. The summed E-state index contributed by atoms with van der Waals surface area (Å²) < 4.78 is 26.1. The van der Waals surface area contributed by atoms with E-state index in [1.54, 1.807) is 12.1 Å². The Hall–Kier alpha value is -2.35. The van der Waals surface area contributed by atoms with Crippen molar-refractivity contribution < 1.29 is 23.1 Å². The fraction of sp³-hybridized carbons (Fsp3) is 0.286. The summed E-state index contributed by atoms with van der Waals surface area (Å²) in [6.07, 6.45) is 1.91. The van der Waals surface area contributed by atoms with E-state index in [0.717, 1.165) is 9.87 Å². The minimum absolute atomic E-state index is 0.00971. The second-order valence-electron chi connectivity index (χ2n) is 5.01. The number of aliphatic carboxylic acids is 1. The Morgan fingerprint density at radius 2 is 1.82 bits per heavy atom. The number of likely N-dealkylation sites (N-methyl/N-ethyl adjacent to an activating group) is 1. The van der Waals surface area contributed by atoms with Gasteiger partial charge in [-0.2, -0.15) is 0 Å². The van der Waals surface area contributed by atoms with E-state index in [-0.39, 0.29) is 4.90 Å². The van der Waals surface area contributed by atoms with Crippen molar-refractivity contribution in [3.8, 4) is 0 Å². The Morgan fingerprint density at radius 3 is 2.36 bits per heavy atom. The van der Waals surface area contributed by atoms with Crippen LogP contribution in [0.3, 0.4) is 0 Å². The summed E-state index contributed by atoms with van der Waals surface area (Å²) in [6, 6.07) is 4.85. The van der Waals surface area contributed by atoms with Gasteiger partial charge in [0.2, 0.25) is 0 Å². The third-order valence-corrected chi connectivity index (χ3v) is 5.14. The number of benzene rings is 1. The SMILES string of the molecule is Cc1ccc(S(=O)(=O)N2C=CN(C)C(=O)C2CC(=O)O)cc1. The number of carbonyl (C=O) groups is 2. The number of carboxylic acids is 1. The van der Waals surface area contributed by atoms with Gasteiger partial charge in [0.15, 0.2) is 0 Å². The molecule has 1 N–H and O–H groups in total. The first-order chi connectivity index (χ1) is 10.2. The maximum Gasteiger partial charge on any atom is 0.306 e. The molecule has 118 valence electrons. The third-order valence-electron chi connectivity index (χ3n) is 3.34. The van der Waals surface area contributed by atoms with Crippen LogP contribution in [0.25, 0.3) is 0 Å². The van der Waals surface area contributed by atoms with Crippen molar-refractivity contribution in [1.29, 1.82) is 0 Å². The minimum Gasteiger partial charge on any atom is -0.481 e. The Morgan fingerprint density at radius 1 is 1.23 bits per heavy atom. The van der Waals surface area contributed by atoms with Crippen LogP contribution in [0, 0.1) is 6.92 Å².